The van der Waals surface area contributed by atoms with Gasteiger partial charge in [0.05, 0.1) is 37.5 Å². The van der Waals surface area contributed by atoms with E-state index in [1.807, 2.05) is 6.07 Å². The Morgan fingerprint density at radius 1 is 1.09 bits per heavy atom. The van der Waals surface area contributed by atoms with Gasteiger partial charge in [0, 0.05) is 16.3 Å². The Morgan fingerprint density at radius 2 is 1.74 bits per heavy atom. The average molecular weight is 497 g/mol. The van der Waals surface area contributed by atoms with Gasteiger partial charge in [-0.15, -0.1) is 0 Å². The van der Waals surface area contributed by atoms with E-state index in [1.54, 1.807) is 25.1 Å². The third kappa shape index (κ3) is 4.73. The summed E-state index contributed by atoms with van der Waals surface area (Å²) in [5, 5.41) is 10.4. The maximum Gasteiger partial charge on any atom is 0.337 e. The van der Waals surface area contributed by atoms with Crippen molar-refractivity contribution in [3.63, 3.8) is 0 Å². The van der Waals surface area contributed by atoms with Crippen molar-refractivity contribution in [3.8, 4) is 11.1 Å². The second kappa shape index (κ2) is 9.59. The van der Waals surface area contributed by atoms with E-state index in [4.69, 9.17) is 21.1 Å². The second-order valence-electron chi connectivity index (χ2n) is 7.80. The highest BCUT2D eigenvalue weighted by atomic mass is 35.5. The minimum atomic E-state index is -0.888. The van der Waals surface area contributed by atoms with E-state index in [0.717, 1.165) is 11.1 Å². The minimum Gasteiger partial charge on any atom is -0.465 e. The number of nitrogens with one attached hydrogen (secondary N) is 2. The lowest BCUT2D eigenvalue weighted by Crippen LogP contribution is -2.24. The summed E-state index contributed by atoms with van der Waals surface area (Å²) in [6.45, 7) is 1.80. The van der Waals surface area contributed by atoms with Crippen LogP contribution < -0.4 is 10.6 Å². The molecule has 3 aromatic rings. The van der Waals surface area contributed by atoms with E-state index in [1.165, 1.54) is 37.1 Å². The lowest BCUT2D eigenvalue weighted by Gasteiger charge is -2.12. The number of nitrogens with zero attached hydrogens (tertiary/aromatic N) is 2. The van der Waals surface area contributed by atoms with Crippen molar-refractivity contribution >= 4 is 46.9 Å². The van der Waals surface area contributed by atoms with E-state index in [-0.39, 0.29) is 29.1 Å². The van der Waals surface area contributed by atoms with Crippen LogP contribution in [0.15, 0.2) is 42.5 Å². The number of aryl methyl sites for hydroxylation is 1. The normalized spacial score (nSPS) is 14.2. The van der Waals surface area contributed by atoms with E-state index in [0.29, 0.717) is 16.5 Å². The van der Waals surface area contributed by atoms with Gasteiger partial charge in [-0.05, 0) is 42.8 Å². The maximum absolute atomic E-state index is 12.8. The first-order chi connectivity index (χ1) is 16.7. The van der Waals surface area contributed by atoms with Crippen LogP contribution in [-0.4, -0.2) is 47.8 Å². The van der Waals surface area contributed by atoms with E-state index in [9.17, 15) is 19.2 Å². The molecule has 1 aromatic heterocycles. The molecule has 1 aliphatic heterocycles. The van der Waals surface area contributed by atoms with Crippen molar-refractivity contribution in [1.29, 1.82) is 0 Å². The molecule has 1 unspecified atom stereocenters. The van der Waals surface area contributed by atoms with Crippen molar-refractivity contribution in [2.45, 2.75) is 19.4 Å². The lowest BCUT2D eigenvalue weighted by atomic mass is 10.1. The topological polar surface area (TPSA) is 129 Å². The first-order valence-electron chi connectivity index (χ1n) is 10.5. The van der Waals surface area contributed by atoms with Crippen LogP contribution in [0.3, 0.4) is 0 Å². The fourth-order valence-electron chi connectivity index (χ4n) is 3.93. The molecular formula is C24H21ClN4O6. The largest absolute Gasteiger partial charge is 0.465 e. The van der Waals surface area contributed by atoms with E-state index in [2.05, 4.69) is 15.7 Å². The zero-order valence-corrected chi connectivity index (χ0v) is 19.8. The van der Waals surface area contributed by atoms with E-state index >= 15 is 0 Å². The fourth-order valence-corrected chi connectivity index (χ4v) is 4.12. The summed E-state index contributed by atoms with van der Waals surface area (Å²) in [6.07, 6.45) is -0.231. The van der Waals surface area contributed by atoms with Crippen LogP contribution >= 0.6 is 11.6 Å². The summed E-state index contributed by atoms with van der Waals surface area (Å²) in [5.74, 6) is -1.80. The minimum absolute atomic E-state index is 0.0560. The first-order valence-corrected chi connectivity index (χ1v) is 10.9. The number of aromatic nitrogens is 2. The van der Waals surface area contributed by atoms with E-state index < -0.39 is 23.9 Å². The molecule has 180 valence electrons. The molecule has 2 N–H and O–H groups in total. The number of methoxy groups -OCH3 is 2. The quantitative estimate of drug-likeness (QED) is 0.499. The third-order valence-electron chi connectivity index (χ3n) is 5.48. The Kier molecular flexibility index (Phi) is 6.57. The molecule has 2 amide bonds. The standard InChI is InChI=1S/C24H21ClN4O6/c1-12-20(13-5-4-6-16(25)8-13)21-27-22(31)18(29(21)28-12)11-19(30)26-17-9-14(23(32)34-2)7-15(10-17)24(33)35-3/h4-10,18H,11H2,1-3H3,(H,26,30)(H,27,31). The summed E-state index contributed by atoms with van der Waals surface area (Å²) in [4.78, 5) is 49.5. The van der Waals surface area contributed by atoms with Crippen LogP contribution in [-0.2, 0) is 19.1 Å². The van der Waals surface area contributed by atoms with Crippen molar-refractivity contribution in [1.82, 2.24) is 9.78 Å². The summed E-state index contributed by atoms with van der Waals surface area (Å²) in [6, 6.07) is 10.3. The summed E-state index contributed by atoms with van der Waals surface area (Å²) in [7, 11) is 2.40. The molecule has 1 atom stereocenters. The van der Waals surface area contributed by atoms with Gasteiger partial charge in [0.15, 0.2) is 0 Å². The summed E-state index contributed by atoms with van der Waals surface area (Å²) in [5.41, 5.74) is 2.46. The number of amides is 2. The zero-order chi connectivity index (χ0) is 25.3. The van der Waals surface area contributed by atoms with Gasteiger partial charge in [-0.25, -0.2) is 14.3 Å². The van der Waals surface area contributed by atoms with Crippen LogP contribution in [0, 0.1) is 6.92 Å². The Labute approximate surface area is 205 Å². The van der Waals surface area contributed by atoms with Crippen molar-refractivity contribution in [2.75, 3.05) is 24.9 Å². The van der Waals surface area contributed by atoms with Gasteiger partial charge in [0.1, 0.15) is 11.9 Å². The first kappa shape index (κ1) is 24.0. The summed E-state index contributed by atoms with van der Waals surface area (Å²) >= 11 is 6.12. The van der Waals surface area contributed by atoms with Crippen LogP contribution in [0.4, 0.5) is 11.5 Å². The zero-order valence-electron chi connectivity index (χ0n) is 19.0. The maximum atomic E-state index is 12.8. The number of esters is 2. The van der Waals surface area contributed by atoms with Crippen LogP contribution in [0.2, 0.25) is 5.02 Å². The molecule has 0 saturated carbocycles. The number of rotatable bonds is 6. The molecule has 35 heavy (non-hydrogen) atoms. The molecule has 0 aliphatic carbocycles. The molecule has 0 saturated heterocycles. The molecule has 0 bridgehead atoms. The molecule has 4 rings (SSSR count). The smallest absolute Gasteiger partial charge is 0.337 e. The number of benzene rings is 2. The van der Waals surface area contributed by atoms with Gasteiger partial charge in [-0.1, -0.05) is 23.7 Å². The van der Waals surface area contributed by atoms with Crippen molar-refractivity contribution < 1.29 is 28.7 Å². The van der Waals surface area contributed by atoms with Gasteiger partial charge in [0.2, 0.25) is 5.91 Å². The summed E-state index contributed by atoms with van der Waals surface area (Å²) < 4.78 is 10.9. The Hall–Kier alpha value is -4.18. The predicted molar refractivity (Wildman–Crippen MR) is 127 cm³/mol. The number of anilines is 2. The van der Waals surface area contributed by atoms with Gasteiger partial charge in [-0.2, -0.15) is 5.10 Å². The Morgan fingerprint density at radius 3 is 2.34 bits per heavy atom. The monoisotopic (exact) mass is 496 g/mol. The molecule has 11 heteroatoms. The highest BCUT2D eigenvalue weighted by molar-refractivity contribution is 6.30. The van der Waals surface area contributed by atoms with Gasteiger partial charge in [0.25, 0.3) is 5.91 Å². The number of hydrogen-bond donors (Lipinski definition) is 2. The molecule has 2 heterocycles. The number of ether oxygens (including phenoxy) is 2. The predicted octanol–water partition coefficient (Wildman–Crippen LogP) is 3.61. The highest BCUT2D eigenvalue weighted by Gasteiger charge is 2.36. The number of halogens is 1. The van der Waals surface area contributed by atoms with Crippen molar-refractivity contribution in [2.24, 2.45) is 0 Å². The molecule has 10 nitrogen and oxygen atoms in total. The molecule has 0 radical (unpaired) electrons. The highest BCUT2D eigenvalue weighted by Crippen LogP contribution is 2.39. The number of carbonyl (C=O) groups is 4. The Bertz CT molecular complexity index is 1330. The van der Waals surface area contributed by atoms with Gasteiger partial charge < -0.3 is 20.1 Å². The SMILES string of the molecule is COC(=O)c1cc(NC(=O)CC2C(=O)Nc3c(-c4cccc(Cl)c4)c(C)nn32)cc(C(=O)OC)c1. The van der Waals surface area contributed by atoms with Crippen LogP contribution in [0.5, 0.6) is 0 Å². The van der Waals surface area contributed by atoms with Crippen LogP contribution in [0.25, 0.3) is 11.1 Å². The molecule has 0 spiro atoms. The van der Waals surface area contributed by atoms with Gasteiger partial charge >= 0.3 is 11.9 Å². The fraction of sp³-hybridized carbons (Fsp3) is 0.208. The van der Waals surface area contributed by atoms with Gasteiger partial charge in [-0.3, -0.25) is 9.59 Å². The second-order valence-corrected chi connectivity index (χ2v) is 8.24. The third-order valence-corrected chi connectivity index (χ3v) is 5.71. The molecule has 0 fully saturated rings. The van der Waals surface area contributed by atoms with Crippen molar-refractivity contribution in [3.05, 3.63) is 64.3 Å². The molecule has 1 aliphatic rings. The average Bonchev–Trinajstić information content (AvgIpc) is 3.30. The number of carbonyl (C=O) groups excluding carboxylic acids is 4. The Balaban J connectivity index is 1.59. The number of fused-ring (bicyclic) bond motifs is 1. The van der Waals surface area contributed by atoms with Crippen LogP contribution in [0.1, 0.15) is 38.9 Å². The lowest BCUT2D eigenvalue weighted by molar-refractivity contribution is -0.123. The molecule has 2 aromatic carbocycles. The molecular weight excluding hydrogens is 476 g/mol. The number of hydrogen-bond acceptors (Lipinski definition) is 7.